The van der Waals surface area contributed by atoms with E-state index in [0.717, 1.165) is 23.8 Å². The molecule has 2 aliphatic carbocycles. The Morgan fingerprint density at radius 3 is 2.50 bits per heavy atom. The maximum atomic E-state index is 12.8. The number of hydrogen-bond acceptors (Lipinski definition) is 4. The van der Waals surface area contributed by atoms with Crippen LogP contribution in [0, 0.1) is 0 Å². The molecule has 2 aliphatic rings. The summed E-state index contributed by atoms with van der Waals surface area (Å²) in [6.07, 6.45) is 11.1. The van der Waals surface area contributed by atoms with Gasteiger partial charge in [0.2, 0.25) is 11.1 Å². The third-order valence-electron chi connectivity index (χ3n) is 5.36. The van der Waals surface area contributed by atoms with Crippen LogP contribution in [-0.4, -0.2) is 43.8 Å². The van der Waals surface area contributed by atoms with Gasteiger partial charge in [-0.05, 0) is 39.5 Å². The number of hydrogen-bond donors (Lipinski definition) is 1. The molecule has 0 unspecified atom stereocenters. The highest BCUT2D eigenvalue weighted by molar-refractivity contribution is 7.99. The van der Waals surface area contributed by atoms with Crippen molar-refractivity contribution in [3.63, 3.8) is 0 Å². The molecular formula is C18H30N4OS. The van der Waals surface area contributed by atoms with Crippen LogP contribution in [0.15, 0.2) is 5.16 Å². The predicted octanol–water partition coefficient (Wildman–Crippen LogP) is 4.12. The van der Waals surface area contributed by atoms with Crippen molar-refractivity contribution < 1.29 is 4.79 Å². The van der Waals surface area contributed by atoms with Crippen molar-refractivity contribution in [2.24, 2.45) is 0 Å². The van der Waals surface area contributed by atoms with Gasteiger partial charge in [-0.2, -0.15) is 0 Å². The number of aromatic amines is 1. The molecule has 0 bridgehead atoms. The molecule has 0 atom stereocenters. The third kappa shape index (κ3) is 4.32. The highest BCUT2D eigenvalue weighted by atomic mass is 32.2. The Bertz CT molecular complexity index is 533. The molecule has 1 heterocycles. The van der Waals surface area contributed by atoms with Crippen molar-refractivity contribution in [2.45, 2.75) is 94.8 Å². The van der Waals surface area contributed by atoms with Gasteiger partial charge in [0.15, 0.2) is 0 Å². The first-order chi connectivity index (χ1) is 11.6. The molecule has 6 heteroatoms. The molecule has 0 spiro atoms. The Labute approximate surface area is 149 Å². The van der Waals surface area contributed by atoms with Gasteiger partial charge in [0.05, 0.1) is 5.75 Å². The molecule has 1 aromatic rings. The zero-order valence-corrected chi connectivity index (χ0v) is 15.8. The van der Waals surface area contributed by atoms with Crippen molar-refractivity contribution in [1.82, 2.24) is 20.1 Å². The molecule has 0 radical (unpaired) electrons. The molecule has 0 aliphatic heterocycles. The minimum Gasteiger partial charge on any atom is -0.337 e. The number of thioether (sulfide) groups is 1. The van der Waals surface area contributed by atoms with Crippen LogP contribution in [0.3, 0.4) is 0 Å². The summed E-state index contributed by atoms with van der Waals surface area (Å²) in [5, 5.41) is 8.11. The Kier molecular flexibility index (Phi) is 6.19. The minimum absolute atomic E-state index is 0.231. The lowest BCUT2D eigenvalue weighted by Crippen LogP contribution is -2.46. The van der Waals surface area contributed by atoms with E-state index in [9.17, 15) is 4.79 Å². The molecule has 3 rings (SSSR count). The molecule has 1 N–H and O–H groups in total. The highest BCUT2D eigenvalue weighted by Gasteiger charge is 2.28. The number of amides is 1. The molecule has 24 heavy (non-hydrogen) atoms. The van der Waals surface area contributed by atoms with Crippen molar-refractivity contribution in [3.8, 4) is 0 Å². The lowest BCUT2D eigenvalue weighted by atomic mass is 9.93. The van der Waals surface area contributed by atoms with Gasteiger partial charge in [0.1, 0.15) is 5.82 Å². The average molecular weight is 351 g/mol. The zero-order chi connectivity index (χ0) is 16.9. The normalized spacial score (nSPS) is 20.0. The Balaban J connectivity index is 1.55. The van der Waals surface area contributed by atoms with Crippen LogP contribution < -0.4 is 0 Å². The van der Waals surface area contributed by atoms with Crippen LogP contribution in [0.2, 0.25) is 0 Å². The first-order valence-corrected chi connectivity index (χ1v) is 10.5. The second-order valence-corrected chi connectivity index (χ2v) is 8.40. The standard InChI is InChI=1S/C18H30N4OS/c1-13(2)22(15-10-4-3-5-11-15)16(23)12-24-18-19-17(20-21-18)14-8-6-7-9-14/h13-15H,3-12H2,1-2H3,(H,19,20,21). The van der Waals surface area contributed by atoms with Gasteiger partial charge in [0, 0.05) is 18.0 Å². The Morgan fingerprint density at radius 2 is 1.83 bits per heavy atom. The van der Waals surface area contributed by atoms with Crippen LogP contribution in [-0.2, 0) is 4.79 Å². The summed E-state index contributed by atoms with van der Waals surface area (Å²) < 4.78 is 0. The molecule has 1 aromatic heterocycles. The SMILES string of the molecule is CC(C)N(C(=O)CSc1n[nH]c(C2CCCC2)n1)C1CCCCC1. The summed E-state index contributed by atoms with van der Waals surface area (Å²) in [5.41, 5.74) is 0. The average Bonchev–Trinajstić information content (AvgIpc) is 3.25. The number of nitrogens with zero attached hydrogens (tertiary/aromatic N) is 3. The molecule has 0 aromatic carbocycles. The van der Waals surface area contributed by atoms with Crippen LogP contribution in [0.5, 0.6) is 0 Å². The minimum atomic E-state index is 0.231. The van der Waals surface area contributed by atoms with E-state index in [1.54, 1.807) is 0 Å². The van der Waals surface area contributed by atoms with Crippen LogP contribution >= 0.6 is 11.8 Å². The number of rotatable bonds is 6. The Hall–Kier alpha value is -1.04. The quantitative estimate of drug-likeness (QED) is 0.784. The first-order valence-electron chi connectivity index (χ1n) is 9.51. The smallest absolute Gasteiger partial charge is 0.233 e. The summed E-state index contributed by atoms with van der Waals surface area (Å²) in [5.74, 6) is 2.22. The summed E-state index contributed by atoms with van der Waals surface area (Å²) in [6.45, 7) is 4.25. The molecule has 5 nitrogen and oxygen atoms in total. The van der Waals surface area contributed by atoms with E-state index in [-0.39, 0.29) is 11.9 Å². The molecule has 134 valence electrons. The predicted molar refractivity (Wildman–Crippen MR) is 97.2 cm³/mol. The van der Waals surface area contributed by atoms with Crippen molar-refractivity contribution in [3.05, 3.63) is 5.82 Å². The third-order valence-corrected chi connectivity index (χ3v) is 6.19. The first kappa shape index (κ1) is 17.8. The van der Waals surface area contributed by atoms with Gasteiger partial charge in [-0.15, -0.1) is 5.10 Å². The van der Waals surface area contributed by atoms with Crippen molar-refractivity contribution in [2.75, 3.05) is 5.75 Å². The van der Waals surface area contributed by atoms with E-state index < -0.39 is 0 Å². The van der Waals surface area contributed by atoms with Gasteiger partial charge in [-0.3, -0.25) is 9.89 Å². The van der Waals surface area contributed by atoms with Gasteiger partial charge < -0.3 is 4.90 Å². The topological polar surface area (TPSA) is 61.9 Å². The van der Waals surface area contributed by atoms with Gasteiger partial charge in [-0.25, -0.2) is 4.98 Å². The van der Waals surface area contributed by atoms with Crippen molar-refractivity contribution in [1.29, 1.82) is 0 Å². The molecule has 0 saturated heterocycles. The fourth-order valence-corrected chi connectivity index (χ4v) is 4.85. The number of nitrogens with one attached hydrogen (secondary N) is 1. The van der Waals surface area contributed by atoms with Crippen LogP contribution in [0.4, 0.5) is 0 Å². The molecule has 1 amide bonds. The lowest BCUT2D eigenvalue weighted by Gasteiger charge is -2.37. The fraction of sp³-hybridized carbons (Fsp3) is 0.833. The second-order valence-electron chi connectivity index (χ2n) is 7.46. The van der Waals surface area contributed by atoms with E-state index >= 15 is 0 Å². The number of aromatic nitrogens is 3. The van der Waals surface area contributed by atoms with Crippen LogP contribution in [0.25, 0.3) is 0 Å². The van der Waals surface area contributed by atoms with E-state index in [0.29, 0.717) is 17.7 Å². The van der Waals surface area contributed by atoms with E-state index in [1.165, 1.54) is 56.7 Å². The Morgan fingerprint density at radius 1 is 1.17 bits per heavy atom. The molecule has 2 fully saturated rings. The highest BCUT2D eigenvalue weighted by Crippen LogP contribution is 2.32. The van der Waals surface area contributed by atoms with Gasteiger partial charge in [-0.1, -0.05) is 43.9 Å². The summed E-state index contributed by atoms with van der Waals surface area (Å²) >= 11 is 1.47. The van der Waals surface area contributed by atoms with Crippen LogP contribution in [0.1, 0.15) is 83.4 Å². The van der Waals surface area contributed by atoms with Gasteiger partial charge in [0.25, 0.3) is 0 Å². The van der Waals surface area contributed by atoms with E-state index in [4.69, 9.17) is 0 Å². The summed E-state index contributed by atoms with van der Waals surface area (Å²) in [4.78, 5) is 19.5. The zero-order valence-electron chi connectivity index (χ0n) is 15.0. The molecular weight excluding hydrogens is 320 g/mol. The maximum Gasteiger partial charge on any atom is 0.233 e. The maximum absolute atomic E-state index is 12.8. The van der Waals surface area contributed by atoms with E-state index in [1.807, 2.05) is 0 Å². The monoisotopic (exact) mass is 350 g/mol. The van der Waals surface area contributed by atoms with E-state index in [2.05, 4.69) is 33.9 Å². The summed E-state index contributed by atoms with van der Waals surface area (Å²) in [6, 6.07) is 0.690. The lowest BCUT2D eigenvalue weighted by molar-refractivity contribution is -0.133. The largest absolute Gasteiger partial charge is 0.337 e. The fourth-order valence-electron chi connectivity index (χ4n) is 4.18. The number of carbonyl (C=O) groups is 1. The van der Waals surface area contributed by atoms with Crippen molar-refractivity contribution >= 4 is 17.7 Å². The molecule has 2 saturated carbocycles. The second kappa shape index (κ2) is 8.37. The van der Waals surface area contributed by atoms with Gasteiger partial charge >= 0.3 is 0 Å². The summed E-state index contributed by atoms with van der Waals surface area (Å²) in [7, 11) is 0. The number of H-pyrrole nitrogens is 1. The number of carbonyl (C=O) groups excluding carboxylic acids is 1.